The van der Waals surface area contributed by atoms with Gasteiger partial charge in [0, 0.05) is 18.6 Å². The molecular formula is C21H26F3N5O2. The zero-order valence-electron chi connectivity index (χ0n) is 17.1. The summed E-state index contributed by atoms with van der Waals surface area (Å²) in [6.07, 6.45) is 1.12. The molecule has 1 amide bonds. The van der Waals surface area contributed by atoms with E-state index in [1.54, 1.807) is 5.01 Å². The number of fused-ring (bicyclic) bond motifs is 3. The van der Waals surface area contributed by atoms with Crippen molar-refractivity contribution in [1.29, 1.82) is 5.26 Å². The third-order valence-electron chi connectivity index (χ3n) is 7.02. The zero-order chi connectivity index (χ0) is 22.3. The molecule has 3 N–H and O–H groups in total. The van der Waals surface area contributed by atoms with E-state index in [1.165, 1.54) is 0 Å². The fourth-order valence-electron chi connectivity index (χ4n) is 4.92. The first kappa shape index (κ1) is 21.9. The number of anilines is 1. The Morgan fingerprint density at radius 3 is 2.29 bits per heavy atom. The Bertz CT molecular complexity index is 867. The van der Waals surface area contributed by atoms with Crippen LogP contribution in [-0.4, -0.2) is 40.0 Å². The summed E-state index contributed by atoms with van der Waals surface area (Å²) in [6, 6.07) is 5.27. The van der Waals surface area contributed by atoms with Crippen LogP contribution in [0.3, 0.4) is 0 Å². The van der Waals surface area contributed by atoms with Gasteiger partial charge in [0.1, 0.15) is 0 Å². The summed E-state index contributed by atoms with van der Waals surface area (Å²) in [5.41, 5.74) is 0.800. The molecule has 1 heterocycles. The summed E-state index contributed by atoms with van der Waals surface area (Å²) < 4.78 is 39.9. The number of benzene rings is 1. The third kappa shape index (κ3) is 4.35. The van der Waals surface area contributed by atoms with Crippen molar-refractivity contribution >= 4 is 11.6 Å². The zero-order valence-corrected chi connectivity index (χ0v) is 17.1. The Morgan fingerprint density at radius 2 is 1.74 bits per heavy atom. The normalized spacial score (nSPS) is 28.5. The lowest BCUT2D eigenvalue weighted by atomic mass is 9.58. The lowest BCUT2D eigenvalue weighted by Gasteiger charge is -2.50. The predicted octanol–water partition coefficient (Wildman–Crippen LogP) is 4.08. The van der Waals surface area contributed by atoms with Crippen molar-refractivity contribution in [3.8, 4) is 6.07 Å². The summed E-state index contributed by atoms with van der Waals surface area (Å²) in [5.74, 6) is -0.616. The number of nitriles is 1. The summed E-state index contributed by atoms with van der Waals surface area (Å²) in [5, 5.41) is 25.1. The number of nitrogens with zero attached hydrogens (tertiary/aromatic N) is 3. The van der Waals surface area contributed by atoms with Gasteiger partial charge in [0.05, 0.1) is 28.3 Å². The molecule has 3 saturated carbocycles. The molecule has 3 aliphatic carbocycles. The number of amides is 1. The molecule has 0 unspecified atom stereocenters. The van der Waals surface area contributed by atoms with Gasteiger partial charge in [-0.1, -0.05) is 0 Å². The number of hydrogen-bond acceptors (Lipinski definition) is 6. The molecule has 1 aliphatic heterocycles. The van der Waals surface area contributed by atoms with E-state index in [4.69, 9.17) is 0 Å². The molecule has 31 heavy (non-hydrogen) atoms. The molecule has 0 spiro atoms. The van der Waals surface area contributed by atoms with Crippen LogP contribution >= 0.6 is 0 Å². The second-order valence-corrected chi connectivity index (χ2v) is 8.95. The molecule has 1 aromatic carbocycles. The average molecular weight is 437 g/mol. The Balaban J connectivity index is 1.57. The van der Waals surface area contributed by atoms with Crippen molar-refractivity contribution < 1.29 is 23.2 Å². The van der Waals surface area contributed by atoms with E-state index in [-0.39, 0.29) is 16.7 Å². The van der Waals surface area contributed by atoms with Gasteiger partial charge in [0.15, 0.2) is 0 Å². The topological polar surface area (TPSA) is 91.6 Å². The van der Waals surface area contributed by atoms with Crippen molar-refractivity contribution in [3.05, 3.63) is 29.3 Å². The third-order valence-corrected chi connectivity index (χ3v) is 7.02. The molecule has 2 bridgehead atoms. The molecule has 0 radical (unpaired) electrons. The largest absolute Gasteiger partial charge is 0.416 e. The van der Waals surface area contributed by atoms with Crippen molar-refractivity contribution in [2.45, 2.75) is 63.1 Å². The van der Waals surface area contributed by atoms with Crippen LogP contribution in [-0.2, 0) is 6.18 Å². The van der Waals surface area contributed by atoms with E-state index in [0.29, 0.717) is 51.6 Å². The Morgan fingerprint density at radius 1 is 1.13 bits per heavy atom. The molecule has 1 saturated heterocycles. The summed E-state index contributed by atoms with van der Waals surface area (Å²) in [6.45, 7) is 1.21. The molecule has 7 nitrogen and oxygen atoms in total. The minimum absolute atomic E-state index is 0.0919. The van der Waals surface area contributed by atoms with Crippen LogP contribution in [0.5, 0.6) is 0 Å². The summed E-state index contributed by atoms with van der Waals surface area (Å²) in [7, 11) is 0. The number of hydrazine groups is 2. The molecule has 4 fully saturated rings. The molecule has 10 heteroatoms. The number of hydrogen-bond donors (Lipinski definition) is 3. The van der Waals surface area contributed by atoms with Gasteiger partial charge in [0.2, 0.25) is 0 Å². The van der Waals surface area contributed by atoms with Crippen molar-refractivity contribution in [1.82, 2.24) is 15.6 Å². The van der Waals surface area contributed by atoms with E-state index in [2.05, 4.69) is 16.8 Å². The highest BCUT2D eigenvalue weighted by atomic mass is 19.4. The number of alkyl halides is 3. The quantitative estimate of drug-likeness (QED) is 0.602. The van der Waals surface area contributed by atoms with Gasteiger partial charge < -0.3 is 5.32 Å². The lowest BCUT2D eigenvalue weighted by molar-refractivity contribution is -0.217. The van der Waals surface area contributed by atoms with Crippen LogP contribution in [0.4, 0.5) is 18.9 Å². The number of carbonyl (C=O) groups excluding carboxylic acids is 1. The van der Waals surface area contributed by atoms with Crippen molar-refractivity contribution in [2.24, 2.45) is 5.41 Å². The van der Waals surface area contributed by atoms with Gasteiger partial charge in [-0.15, -0.1) is 0 Å². The Labute approximate surface area is 178 Å². The smallest absolute Gasteiger partial charge is 0.347 e. The molecule has 5 rings (SSSR count). The standard InChI is InChI=1S/C21H26F3N5O2/c22-21(23,24)15-3-4-17(27-29(31)28-11-1-2-12-28)16(13-15)18(30)26-20-8-5-19(14-25,6-9-20)7-10-20/h3-4,13,27,31H,1-2,5-12H2,(H,26,30). The summed E-state index contributed by atoms with van der Waals surface area (Å²) >= 11 is 0. The van der Waals surface area contributed by atoms with Crippen LogP contribution in [0.1, 0.15) is 67.3 Å². The fraction of sp³-hybridized carbons (Fsp3) is 0.619. The van der Waals surface area contributed by atoms with Crippen molar-refractivity contribution in [3.63, 3.8) is 0 Å². The van der Waals surface area contributed by atoms with E-state index >= 15 is 0 Å². The highest BCUT2D eigenvalue weighted by molar-refractivity contribution is 6.00. The second-order valence-electron chi connectivity index (χ2n) is 8.95. The number of nitrogens with one attached hydrogen (secondary N) is 2. The van der Waals surface area contributed by atoms with Gasteiger partial charge in [-0.25, -0.2) is 0 Å². The molecule has 4 aliphatic rings. The average Bonchev–Trinajstić information content (AvgIpc) is 3.29. The van der Waals surface area contributed by atoms with E-state index < -0.39 is 23.2 Å². The van der Waals surface area contributed by atoms with Gasteiger partial charge >= 0.3 is 6.18 Å². The van der Waals surface area contributed by atoms with Crippen LogP contribution in [0.25, 0.3) is 0 Å². The highest BCUT2D eigenvalue weighted by Crippen LogP contribution is 2.52. The maximum Gasteiger partial charge on any atom is 0.416 e. The van der Waals surface area contributed by atoms with Crippen LogP contribution in [0, 0.1) is 16.7 Å². The molecule has 1 aromatic rings. The van der Waals surface area contributed by atoms with E-state index in [1.807, 2.05) is 0 Å². The number of rotatable bonds is 5. The molecule has 168 valence electrons. The first-order valence-electron chi connectivity index (χ1n) is 10.6. The summed E-state index contributed by atoms with van der Waals surface area (Å²) in [4.78, 5) is 13.1. The Kier molecular flexibility index (Phi) is 5.62. The molecular weight excluding hydrogens is 411 g/mol. The van der Waals surface area contributed by atoms with Crippen LogP contribution in [0.15, 0.2) is 18.2 Å². The molecule has 0 aromatic heterocycles. The molecule has 0 atom stereocenters. The highest BCUT2D eigenvalue weighted by Gasteiger charge is 2.49. The van der Waals surface area contributed by atoms with Gasteiger partial charge in [-0.05, 0) is 74.8 Å². The lowest BCUT2D eigenvalue weighted by Crippen LogP contribution is -2.56. The first-order chi connectivity index (χ1) is 14.7. The Hall–Kier alpha value is -2.35. The second kappa shape index (κ2) is 7.97. The monoisotopic (exact) mass is 437 g/mol. The maximum absolute atomic E-state index is 13.3. The minimum Gasteiger partial charge on any atom is -0.347 e. The SMILES string of the molecule is N#CC12CCC(NC(=O)c3cc(C(F)(F)F)ccc3NN(O)N3CCCC3)(CC1)CC2. The van der Waals surface area contributed by atoms with Gasteiger partial charge in [0.25, 0.3) is 5.91 Å². The van der Waals surface area contributed by atoms with Crippen molar-refractivity contribution in [2.75, 3.05) is 18.5 Å². The number of halogens is 3. The van der Waals surface area contributed by atoms with Crippen LogP contribution in [0.2, 0.25) is 0 Å². The predicted molar refractivity (Wildman–Crippen MR) is 105 cm³/mol. The van der Waals surface area contributed by atoms with E-state index in [9.17, 15) is 28.4 Å². The van der Waals surface area contributed by atoms with Gasteiger partial charge in [-0.2, -0.15) is 23.4 Å². The fourth-order valence-corrected chi connectivity index (χ4v) is 4.92. The maximum atomic E-state index is 13.3. The van der Waals surface area contributed by atoms with Gasteiger partial charge in [-0.3, -0.25) is 15.4 Å². The van der Waals surface area contributed by atoms with Crippen LogP contribution < -0.4 is 10.7 Å². The minimum atomic E-state index is -4.60. The van der Waals surface area contributed by atoms with E-state index in [0.717, 1.165) is 36.3 Å². The number of carbonyl (C=O) groups is 1. The first-order valence-corrected chi connectivity index (χ1v) is 10.6.